The van der Waals surface area contributed by atoms with Gasteiger partial charge in [-0.2, -0.15) is 0 Å². The minimum absolute atomic E-state index is 0. The van der Waals surface area contributed by atoms with Gasteiger partial charge in [-0.25, -0.2) is 0 Å². The molecule has 0 heterocycles. The average molecular weight is 919 g/mol. The molecule has 9 aromatic carbocycles. The summed E-state index contributed by atoms with van der Waals surface area (Å²) in [6, 6.07) is 60.4. The second-order valence-electron chi connectivity index (χ2n) is 20.8. The maximum Gasteiger partial charge on any atom is 0.0331 e. The zero-order valence-electron chi connectivity index (χ0n) is 38.5. The summed E-state index contributed by atoms with van der Waals surface area (Å²) in [6.45, 7) is 19.0. The molecule has 4 aliphatic rings. The molecule has 0 saturated carbocycles. The van der Waals surface area contributed by atoms with Gasteiger partial charge in [0.05, 0.1) is 0 Å². The Morgan fingerprint density at radius 1 is 0.333 bits per heavy atom. The fourth-order valence-corrected chi connectivity index (χ4v) is 12.8. The molecule has 13 rings (SSSR count). The van der Waals surface area contributed by atoms with E-state index >= 15 is 0 Å². The molecule has 0 atom stereocenters. The summed E-state index contributed by atoms with van der Waals surface area (Å²) < 4.78 is 1.19. The lowest BCUT2D eigenvalue weighted by Gasteiger charge is -2.24. The van der Waals surface area contributed by atoms with Crippen LogP contribution in [0.4, 0.5) is 0 Å². The van der Waals surface area contributed by atoms with Gasteiger partial charge in [0.1, 0.15) is 0 Å². The first-order valence-electron chi connectivity index (χ1n) is 23.1. The number of hydrogen-bond acceptors (Lipinski definition) is 0. The maximum absolute atomic E-state index is 3.84. The smallest absolute Gasteiger partial charge is 0.0331 e. The highest BCUT2D eigenvalue weighted by atomic mass is 79.9. The zero-order chi connectivity index (χ0) is 44.8. The van der Waals surface area contributed by atoms with Gasteiger partial charge < -0.3 is 0 Å². The SMILES string of the molecule is C.CC1(C)c2ccccc2-c2cc3c(cc21)-c1c(cc(Br)c2ccccc12)C3(C)C.CC1(C)c2ccccc2-c2cc3c(cc21)-c1c(cc(C#Cc2ccccc2)c2ccccc12)C3(C)C.[2HH]. The maximum atomic E-state index is 3.84. The molecule has 0 bridgehead atoms. The standard InChI is InChI=1S/C36H28.C28H23Br.CH4.H2/c1-35(2)30-17-11-10-15-26(30)28-21-32-29(22-31(28)35)34-27-16-9-8-14-25(27)24(20-33(34)36(32,3)4)19-18-23-12-6-5-7-13-23;1-27(2)21-12-8-7-9-16(21)19-13-23-20(14-22(19)27)26-18-11-6-5-10-17(18)25(29)15-24(26)28(23,3)4;;/h5-17,20-22H,1-4H3;5-15H,1-4H3;1H4;1H/i;;;1+1. The van der Waals surface area contributed by atoms with Gasteiger partial charge in [0, 0.05) is 38.7 Å². The summed E-state index contributed by atoms with van der Waals surface area (Å²) >= 11 is 3.84. The van der Waals surface area contributed by atoms with Crippen molar-refractivity contribution >= 4 is 37.5 Å². The van der Waals surface area contributed by atoms with E-state index in [-0.39, 0.29) is 30.5 Å². The van der Waals surface area contributed by atoms with E-state index in [1.165, 1.54) is 115 Å². The van der Waals surface area contributed by atoms with Gasteiger partial charge in [0.15, 0.2) is 0 Å². The van der Waals surface area contributed by atoms with Gasteiger partial charge in [0.2, 0.25) is 0 Å². The second kappa shape index (κ2) is 14.5. The third kappa shape index (κ3) is 5.77. The highest BCUT2D eigenvalue weighted by Gasteiger charge is 2.44. The largest absolute Gasteiger partial charge is 0.0776 e. The Balaban J connectivity index is 0.000000155. The molecule has 0 unspecified atom stereocenters. The first kappa shape index (κ1) is 42.2. The average Bonchev–Trinajstić information content (AvgIpc) is 3.87. The van der Waals surface area contributed by atoms with Crippen LogP contribution in [0.15, 0.2) is 168 Å². The van der Waals surface area contributed by atoms with Crippen molar-refractivity contribution in [3.63, 3.8) is 0 Å². The molecular formula is C65H57Br. The molecule has 0 amide bonds. The summed E-state index contributed by atoms with van der Waals surface area (Å²) in [4.78, 5) is 0. The van der Waals surface area contributed by atoms with Crippen LogP contribution in [0, 0.1) is 11.8 Å². The molecule has 9 aromatic rings. The van der Waals surface area contributed by atoms with Crippen molar-refractivity contribution in [1.29, 1.82) is 0 Å². The van der Waals surface area contributed by atoms with E-state index in [0.29, 0.717) is 0 Å². The van der Waals surface area contributed by atoms with E-state index in [1.807, 2.05) is 18.2 Å². The summed E-state index contributed by atoms with van der Waals surface area (Å²) in [5.74, 6) is 6.92. The minimum Gasteiger partial charge on any atom is -0.0776 e. The van der Waals surface area contributed by atoms with Crippen LogP contribution in [-0.2, 0) is 21.7 Å². The van der Waals surface area contributed by atoms with Gasteiger partial charge in [-0.05, 0) is 159 Å². The van der Waals surface area contributed by atoms with Crippen molar-refractivity contribution in [1.82, 2.24) is 0 Å². The highest BCUT2D eigenvalue weighted by Crippen LogP contribution is 2.59. The number of fused-ring (bicyclic) bond motifs is 16. The lowest BCUT2D eigenvalue weighted by Crippen LogP contribution is -2.17. The van der Waals surface area contributed by atoms with E-state index in [1.54, 1.807) is 0 Å². The molecule has 0 spiro atoms. The van der Waals surface area contributed by atoms with Crippen molar-refractivity contribution in [3.8, 4) is 56.3 Å². The predicted octanol–water partition coefficient (Wildman–Crippen LogP) is 17.9. The fraction of sp³-hybridized carbons (Fsp3) is 0.200. The Kier molecular flexibility index (Phi) is 9.28. The van der Waals surface area contributed by atoms with Gasteiger partial charge in [-0.3, -0.25) is 0 Å². The van der Waals surface area contributed by atoms with Gasteiger partial charge in [0.25, 0.3) is 0 Å². The Morgan fingerprint density at radius 3 is 1.24 bits per heavy atom. The van der Waals surface area contributed by atoms with E-state index in [9.17, 15) is 0 Å². The molecule has 0 aromatic heterocycles. The summed E-state index contributed by atoms with van der Waals surface area (Å²) in [5, 5.41) is 5.16. The van der Waals surface area contributed by atoms with Crippen LogP contribution < -0.4 is 0 Å². The van der Waals surface area contributed by atoms with Crippen LogP contribution in [-0.4, -0.2) is 0 Å². The van der Waals surface area contributed by atoms with Crippen molar-refractivity contribution in [2.24, 2.45) is 0 Å². The molecule has 0 radical (unpaired) electrons. The predicted molar refractivity (Wildman–Crippen MR) is 287 cm³/mol. The molecular weight excluding hydrogens is 861 g/mol. The molecule has 0 N–H and O–H groups in total. The molecule has 66 heavy (non-hydrogen) atoms. The number of rotatable bonds is 0. The minimum atomic E-state index is -0.103. The van der Waals surface area contributed by atoms with Crippen LogP contribution in [0.25, 0.3) is 66.1 Å². The van der Waals surface area contributed by atoms with Crippen LogP contribution in [0.2, 0.25) is 0 Å². The van der Waals surface area contributed by atoms with E-state index in [4.69, 9.17) is 0 Å². The van der Waals surface area contributed by atoms with Crippen molar-refractivity contribution in [3.05, 3.63) is 224 Å². The topological polar surface area (TPSA) is 0 Å². The third-order valence-corrected chi connectivity index (χ3v) is 16.5. The molecule has 0 saturated heterocycles. The van der Waals surface area contributed by atoms with Crippen LogP contribution >= 0.6 is 15.9 Å². The quantitative estimate of drug-likeness (QED) is 0.133. The van der Waals surface area contributed by atoms with Crippen molar-refractivity contribution in [2.75, 3.05) is 0 Å². The highest BCUT2D eigenvalue weighted by molar-refractivity contribution is 9.10. The lowest BCUT2D eigenvalue weighted by molar-refractivity contribution is 0.652. The van der Waals surface area contributed by atoms with Crippen LogP contribution in [0.1, 0.15) is 120 Å². The Morgan fingerprint density at radius 2 is 0.712 bits per heavy atom. The van der Waals surface area contributed by atoms with Crippen LogP contribution in [0.3, 0.4) is 0 Å². The van der Waals surface area contributed by atoms with Gasteiger partial charge in [-0.15, -0.1) is 0 Å². The number of benzene rings is 9. The summed E-state index contributed by atoms with van der Waals surface area (Å²) in [7, 11) is 0. The first-order valence-corrected chi connectivity index (χ1v) is 23.9. The second-order valence-corrected chi connectivity index (χ2v) is 21.7. The van der Waals surface area contributed by atoms with Crippen molar-refractivity contribution < 1.29 is 1.43 Å². The van der Waals surface area contributed by atoms with E-state index in [0.717, 1.165) is 11.1 Å². The summed E-state index contributed by atoms with van der Waals surface area (Å²) in [5.41, 5.74) is 24.6. The van der Waals surface area contributed by atoms with Crippen molar-refractivity contribution in [2.45, 2.75) is 84.5 Å². The lowest BCUT2D eigenvalue weighted by atomic mass is 9.79. The molecule has 1 heteroatoms. The zero-order valence-corrected chi connectivity index (χ0v) is 40.1. The molecule has 0 aliphatic heterocycles. The fourth-order valence-electron chi connectivity index (χ4n) is 12.3. The Hall–Kier alpha value is -6.46. The van der Waals surface area contributed by atoms with E-state index < -0.39 is 0 Å². The normalized spacial score (nSPS) is 15.9. The molecule has 324 valence electrons. The monoisotopic (exact) mass is 917 g/mol. The van der Waals surface area contributed by atoms with Crippen LogP contribution in [0.5, 0.6) is 0 Å². The molecule has 0 nitrogen and oxygen atoms in total. The number of halogens is 1. The first-order chi connectivity index (χ1) is 31.2. The Labute approximate surface area is 401 Å². The number of hydrogen-bond donors (Lipinski definition) is 0. The van der Waals surface area contributed by atoms with Gasteiger partial charge >= 0.3 is 0 Å². The van der Waals surface area contributed by atoms with E-state index in [2.05, 4.69) is 229 Å². The molecule has 4 aliphatic carbocycles. The van der Waals surface area contributed by atoms with Gasteiger partial charge in [-0.1, -0.05) is 206 Å². The Bertz CT molecular complexity index is 3610. The summed E-state index contributed by atoms with van der Waals surface area (Å²) in [6.07, 6.45) is 0. The molecule has 0 fully saturated rings. The third-order valence-electron chi connectivity index (χ3n) is 15.8.